The van der Waals surface area contributed by atoms with Crippen LogP contribution in [0, 0.1) is 13.8 Å². The summed E-state index contributed by atoms with van der Waals surface area (Å²) in [7, 11) is 1.81. The van der Waals surface area contributed by atoms with Gasteiger partial charge in [0.15, 0.2) is 0 Å². The second-order valence-electron chi connectivity index (χ2n) is 4.12. The lowest BCUT2D eigenvalue weighted by molar-refractivity contribution is 0.0111. The second kappa shape index (κ2) is 5.94. The van der Waals surface area contributed by atoms with Crippen LogP contribution in [0.1, 0.15) is 29.3 Å². The van der Waals surface area contributed by atoms with Crippen LogP contribution in [-0.2, 0) is 0 Å². The molecule has 1 rings (SSSR count). The van der Waals surface area contributed by atoms with Gasteiger partial charge < -0.3 is 15.5 Å². The maximum Gasteiger partial charge on any atom is 0.122 e. The normalized spacial score (nSPS) is 14.8. The van der Waals surface area contributed by atoms with E-state index < -0.39 is 12.2 Å². The lowest BCUT2D eigenvalue weighted by Crippen LogP contribution is -2.24. The van der Waals surface area contributed by atoms with Gasteiger partial charge in [0.05, 0.1) is 11.8 Å². The van der Waals surface area contributed by atoms with Crippen LogP contribution >= 0.6 is 0 Å². The van der Waals surface area contributed by atoms with E-state index in [1.54, 1.807) is 6.20 Å². The summed E-state index contributed by atoms with van der Waals surface area (Å²) in [6.07, 6.45) is 0.526. The fourth-order valence-corrected chi connectivity index (χ4v) is 1.67. The van der Waals surface area contributed by atoms with Gasteiger partial charge in [0.25, 0.3) is 0 Å². The first-order valence-corrected chi connectivity index (χ1v) is 5.50. The molecule has 0 aromatic carbocycles. The number of hydrogen-bond donors (Lipinski definition) is 3. The van der Waals surface area contributed by atoms with E-state index in [9.17, 15) is 10.2 Å². The molecular formula is C12H20N2O2. The van der Waals surface area contributed by atoms with E-state index in [1.165, 1.54) is 0 Å². The molecule has 0 saturated heterocycles. The van der Waals surface area contributed by atoms with Crippen molar-refractivity contribution in [2.45, 2.75) is 32.5 Å². The Kier molecular flexibility index (Phi) is 4.86. The third-order valence-electron chi connectivity index (χ3n) is 2.59. The van der Waals surface area contributed by atoms with Crippen molar-refractivity contribution in [2.75, 3.05) is 13.6 Å². The summed E-state index contributed by atoms with van der Waals surface area (Å²) in [6.45, 7) is 4.51. The van der Waals surface area contributed by atoms with Gasteiger partial charge in [-0.3, -0.25) is 4.98 Å². The molecule has 0 saturated carbocycles. The van der Waals surface area contributed by atoms with E-state index in [1.807, 2.05) is 27.0 Å². The zero-order valence-corrected chi connectivity index (χ0v) is 10.1. The summed E-state index contributed by atoms with van der Waals surface area (Å²) in [6, 6.07) is 1.95. The molecule has 90 valence electrons. The lowest BCUT2D eigenvalue weighted by atomic mass is 10.0. The smallest absolute Gasteiger partial charge is 0.122 e. The number of nitrogens with zero attached hydrogens (tertiary/aromatic N) is 1. The van der Waals surface area contributed by atoms with Crippen molar-refractivity contribution in [3.63, 3.8) is 0 Å². The minimum Gasteiger partial charge on any atom is -0.390 e. The first-order valence-electron chi connectivity index (χ1n) is 5.50. The highest BCUT2D eigenvalue weighted by Crippen LogP contribution is 2.20. The minimum absolute atomic E-state index is 0.507. The minimum atomic E-state index is -0.908. The van der Waals surface area contributed by atoms with Gasteiger partial charge in [-0.1, -0.05) is 6.07 Å². The quantitative estimate of drug-likeness (QED) is 0.689. The Morgan fingerprint density at radius 3 is 2.62 bits per heavy atom. The van der Waals surface area contributed by atoms with Crippen LogP contribution in [0.2, 0.25) is 0 Å². The Morgan fingerprint density at radius 1 is 1.38 bits per heavy atom. The van der Waals surface area contributed by atoms with Crippen LogP contribution in [0.3, 0.4) is 0 Å². The average Bonchev–Trinajstić information content (AvgIpc) is 2.25. The van der Waals surface area contributed by atoms with Crippen LogP contribution in [0.25, 0.3) is 0 Å². The molecule has 0 spiro atoms. The number of aliphatic hydroxyl groups excluding tert-OH is 2. The lowest BCUT2D eigenvalue weighted by Gasteiger charge is -2.19. The monoisotopic (exact) mass is 224 g/mol. The molecule has 0 aliphatic carbocycles. The first kappa shape index (κ1) is 13.1. The Morgan fingerprint density at radius 2 is 2.06 bits per heavy atom. The number of aliphatic hydroxyl groups is 2. The van der Waals surface area contributed by atoms with Crippen molar-refractivity contribution in [2.24, 2.45) is 0 Å². The zero-order chi connectivity index (χ0) is 12.1. The van der Waals surface area contributed by atoms with E-state index in [4.69, 9.17) is 0 Å². The van der Waals surface area contributed by atoms with Gasteiger partial charge in [-0.2, -0.15) is 0 Å². The number of hydrogen-bond acceptors (Lipinski definition) is 4. The predicted molar refractivity (Wildman–Crippen MR) is 63.2 cm³/mol. The number of nitrogens with one attached hydrogen (secondary N) is 1. The molecule has 2 atom stereocenters. The molecule has 4 heteroatoms. The van der Waals surface area contributed by atoms with Crippen molar-refractivity contribution in [1.82, 2.24) is 10.3 Å². The molecule has 0 aliphatic rings. The molecule has 0 bridgehead atoms. The van der Waals surface area contributed by atoms with Crippen LogP contribution in [0.15, 0.2) is 12.3 Å². The molecule has 4 nitrogen and oxygen atoms in total. The van der Waals surface area contributed by atoms with E-state index in [0.717, 1.165) is 11.1 Å². The summed E-state index contributed by atoms with van der Waals surface area (Å²) >= 11 is 0. The summed E-state index contributed by atoms with van der Waals surface area (Å²) in [5.74, 6) is 0. The van der Waals surface area contributed by atoms with Crippen LogP contribution in [0.4, 0.5) is 0 Å². The average molecular weight is 224 g/mol. The third-order valence-corrected chi connectivity index (χ3v) is 2.59. The molecule has 3 N–H and O–H groups in total. The van der Waals surface area contributed by atoms with Crippen LogP contribution in [-0.4, -0.2) is 34.9 Å². The molecule has 16 heavy (non-hydrogen) atoms. The SMILES string of the molecule is CNCCC(O)C(O)c1ncc(C)cc1C. The number of rotatable bonds is 5. The maximum absolute atomic E-state index is 9.95. The largest absolute Gasteiger partial charge is 0.390 e. The van der Waals surface area contributed by atoms with Crippen LogP contribution in [0.5, 0.6) is 0 Å². The summed E-state index contributed by atoms with van der Waals surface area (Å²) in [4.78, 5) is 4.18. The molecule has 2 unspecified atom stereocenters. The van der Waals surface area contributed by atoms with Crippen molar-refractivity contribution in [3.05, 3.63) is 29.1 Å². The van der Waals surface area contributed by atoms with E-state index in [0.29, 0.717) is 18.7 Å². The molecule has 0 aliphatic heterocycles. The topological polar surface area (TPSA) is 65.4 Å². The summed E-state index contributed by atoms with van der Waals surface area (Å²) in [5, 5.41) is 22.7. The third kappa shape index (κ3) is 3.27. The Labute approximate surface area is 96.3 Å². The highest BCUT2D eigenvalue weighted by atomic mass is 16.3. The summed E-state index contributed by atoms with van der Waals surface area (Å²) < 4.78 is 0. The predicted octanol–water partition coefficient (Wildman–Crippen LogP) is 0.702. The van der Waals surface area contributed by atoms with Gasteiger partial charge in [0.1, 0.15) is 6.10 Å². The van der Waals surface area contributed by atoms with Crippen molar-refractivity contribution in [1.29, 1.82) is 0 Å². The van der Waals surface area contributed by atoms with Crippen molar-refractivity contribution >= 4 is 0 Å². The van der Waals surface area contributed by atoms with Crippen molar-refractivity contribution < 1.29 is 10.2 Å². The van der Waals surface area contributed by atoms with Gasteiger partial charge in [-0.05, 0) is 45.0 Å². The van der Waals surface area contributed by atoms with Gasteiger partial charge >= 0.3 is 0 Å². The van der Waals surface area contributed by atoms with Gasteiger partial charge in [-0.15, -0.1) is 0 Å². The van der Waals surface area contributed by atoms with Crippen LogP contribution < -0.4 is 5.32 Å². The fourth-order valence-electron chi connectivity index (χ4n) is 1.67. The van der Waals surface area contributed by atoms with E-state index >= 15 is 0 Å². The molecule has 1 heterocycles. The first-order chi connectivity index (χ1) is 7.56. The molecule has 1 aromatic heterocycles. The molecular weight excluding hydrogens is 204 g/mol. The van der Waals surface area contributed by atoms with Gasteiger partial charge in [0.2, 0.25) is 0 Å². The molecule has 0 amide bonds. The molecule has 1 aromatic rings. The van der Waals surface area contributed by atoms with Gasteiger partial charge in [0, 0.05) is 6.20 Å². The standard InChI is InChI=1S/C12H20N2O2/c1-8-6-9(2)11(14-7-8)12(16)10(15)4-5-13-3/h6-7,10,12-13,15-16H,4-5H2,1-3H3. The Balaban J connectivity index is 2.75. The van der Waals surface area contributed by atoms with Crippen molar-refractivity contribution in [3.8, 4) is 0 Å². The molecule has 0 fully saturated rings. The highest BCUT2D eigenvalue weighted by molar-refractivity contribution is 5.25. The Hall–Kier alpha value is -0.970. The number of pyridine rings is 1. The second-order valence-corrected chi connectivity index (χ2v) is 4.12. The summed E-state index contributed by atoms with van der Waals surface area (Å²) in [5.41, 5.74) is 2.53. The Bertz CT molecular complexity index is 342. The van der Waals surface area contributed by atoms with E-state index in [-0.39, 0.29) is 0 Å². The number of aryl methyl sites for hydroxylation is 2. The molecule has 0 radical (unpaired) electrons. The van der Waals surface area contributed by atoms with E-state index in [2.05, 4.69) is 10.3 Å². The number of aromatic nitrogens is 1. The zero-order valence-electron chi connectivity index (χ0n) is 10.1. The van der Waals surface area contributed by atoms with Gasteiger partial charge in [-0.25, -0.2) is 0 Å². The highest BCUT2D eigenvalue weighted by Gasteiger charge is 2.20. The fraction of sp³-hybridized carbons (Fsp3) is 0.583. The maximum atomic E-state index is 9.95.